The van der Waals surface area contributed by atoms with Crippen LogP contribution >= 0.6 is 34.9 Å². The van der Waals surface area contributed by atoms with Gasteiger partial charge in [0, 0.05) is 20.6 Å². The molecule has 0 aromatic carbocycles. The number of thioether (sulfide) groups is 1. The summed E-state index contributed by atoms with van der Waals surface area (Å²) < 4.78 is 3.18. The molecule has 9 nitrogen and oxygen atoms in total. The van der Waals surface area contributed by atoms with Crippen molar-refractivity contribution in [2.45, 2.75) is 27.0 Å². The molecule has 1 amide bonds. The van der Waals surface area contributed by atoms with Gasteiger partial charge >= 0.3 is 5.69 Å². The lowest BCUT2D eigenvalue weighted by Gasteiger charge is -2.09. The molecule has 0 aliphatic heterocycles. The van der Waals surface area contributed by atoms with E-state index in [4.69, 9.17) is 0 Å². The molecule has 0 spiro atoms. The van der Waals surface area contributed by atoms with E-state index in [-0.39, 0.29) is 22.2 Å². The Kier molecular flexibility index (Phi) is 7.01. The molecule has 1 N–H and O–H groups in total. The minimum absolute atomic E-state index is 0.0815. The van der Waals surface area contributed by atoms with E-state index in [0.717, 1.165) is 22.7 Å². The molecular formula is C14H16N6O3S3. The number of carbonyl (C=O) groups is 1. The molecule has 0 unspecified atom stereocenters. The molecule has 2 rings (SSSR count). The maximum Gasteiger partial charge on any atom is 0.331 e. The SMILES string of the molecule is CCCNC(=O)CSc1nnc(Sc2c(C#N)c(=O)n(C)c(=O)n2C)s1. The summed E-state index contributed by atoms with van der Waals surface area (Å²) in [5.41, 5.74) is -1.30. The molecule has 0 aliphatic carbocycles. The van der Waals surface area contributed by atoms with Crippen molar-refractivity contribution >= 4 is 40.8 Å². The first-order valence-electron chi connectivity index (χ1n) is 7.50. The summed E-state index contributed by atoms with van der Waals surface area (Å²) in [6, 6.07) is 1.84. The number of hydrogen-bond donors (Lipinski definition) is 1. The maximum atomic E-state index is 12.1. The smallest absolute Gasteiger partial charge is 0.331 e. The van der Waals surface area contributed by atoms with Crippen LogP contribution < -0.4 is 16.6 Å². The fraction of sp³-hybridized carbons (Fsp3) is 0.429. The van der Waals surface area contributed by atoms with E-state index >= 15 is 0 Å². The highest BCUT2D eigenvalue weighted by atomic mass is 32.2. The van der Waals surface area contributed by atoms with Crippen molar-refractivity contribution in [3.8, 4) is 6.07 Å². The lowest BCUT2D eigenvalue weighted by Crippen LogP contribution is -2.39. The van der Waals surface area contributed by atoms with Gasteiger partial charge < -0.3 is 5.32 Å². The van der Waals surface area contributed by atoms with Gasteiger partial charge in [-0.2, -0.15) is 5.26 Å². The molecule has 0 saturated heterocycles. The number of aromatic nitrogens is 4. The Morgan fingerprint density at radius 2 is 1.96 bits per heavy atom. The molecule has 0 bridgehead atoms. The van der Waals surface area contributed by atoms with Gasteiger partial charge in [-0.3, -0.25) is 18.7 Å². The summed E-state index contributed by atoms with van der Waals surface area (Å²) in [4.78, 5) is 35.8. The average Bonchev–Trinajstić information content (AvgIpc) is 3.08. The van der Waals surface area contributed by atoms with Gasteiger partial charge in [-0.15, -0.1) is 10.2 Å². The van der Waals surface area contributed by atoms with Crippen molar-refractivity contribution in [1.82, 2.24) is 24.6 Å². The highest BCUT2D eigenvalue weighted by molar-refractivity contribution is 8.03. The van der Waals surface area contributed by atoms with Crippen LogP contribution in [0.25, 0.3) is 0 Å². The Labute approximate surface area is 161 Å². The molecule has 2 aromatic rings. The van der Waals surface area contributed by atoms with E-state index in [0.29, 0.717) is 15.2 Å². The molecule has 2 heterocycles. The minimum Gasteiger partial charge on any atom is -0.355 e. The van der Waals surface area contributed by atoms with Gasteiger partial charge in [-0.1, -0.05) is 30.0 Å². The topological polar surface area (TPSA) is 123 Å². The zero-order valence-electron chi connectivity index (χ0n) is 14.3. The Balaban J connectivity index is 2.18. The zero-order chi connectivity index (χ0) is 19.3. The number of hydrogen-bond acceptors (Lipinski definition) is 9. The minimum atomic E-state index is -0.648. The van der Waals surface area contributed by atoms with Crippen molar-refractivity contribution in [3.63, 3.8) is 0 Å². The summed E-state index contributed by atoms with van der Waals surface area (Å²) in [6.45, 7) is 2.60. The first-order chi connectivity index (χ1) is 12.4. The molecule has 138 valence electrons. The van der Waals surface area contributed by atoms with Gasteiger partial charge in [0.25, 0.3) is 5.56 Å². The number of nitriles is 1. The van der Waals surface area contributed by atoms with Crippen LogP contribution in [0.2, 0.25) is 0 Å². The standard InChI is InChI=1S/C14H16N6O3S3/c1-4-5-16-9(21)7-24-12-17-18-13(26-12)25-11-8(6-15)10(22)19(2)14(23)20(11)3/h4-5,7H2,1-3H3,(H,16,21). The van der Waals surface area contributed by atoms with Gasteiger partial charge in [0.05, 0.1) is 5.75 Å². The molecule has 2 aromatic heterocycles. The van der Waals surface area contributed by atoms with Crippen molar-refractivity contribution in [3.05, 3.63) is 26.4 Å². The second-order valence-electron chi connectivity index (χ2n) is 5.07. The fourth-order valence-electron chi connectivity index (χ4n) is 1.86. The summed E-state index contributed by atoms with van der Waals surface area (Å²) in [7, 11) is 2.81. The van der Waals surface area contributed by atoms with Crippen LogP contribution in [0.15, 0.2) is 23.3 Å². The van der Waals surface area contributed by atoms with Gasteiger partial charge in [0.1, 0.15) is 16.7 Å². The van der Waals surface area contributed by atoms with E-state index in [9.17, 15) is 19.6 Å². The highest BCUT2D eigenvalue weighted by Gasteiger charge is 2.18. The lowest BCUT2D eigenvalue weighted by atomic mass is 10.3. The van der Waals surface area contributed by atoms with Crippen LogP contribution in [0.3, 0.4) is 0 Å². The predicted octanol–water partition coefficient (Wildman–Crippen LogP) is 0.577. The van der Waals surface area contributed by atoms with Crippen LogP contribution in [0.5, 0.6) is 0 Å². The summed E-state index contributed by atoms with van der Waals surface area (Å²) in [5.74, 6) is 0.148. The van der Waals surface area contributed by atoms with Gasteiger partial charge in [0.2, 0.25) is 5.91 Å². The van der Waals surface area contributed by atoms with E-state index in [1.54, 1.807) is 0 Å². The van der Waals surface area contributed by atoms with Crippen LogP contribution in [0.1, 0.15) is 18.9 Å². The Morgan fingerprint density at radius 1 is 1.27 bits per heavy atom. The van der Waals surface area contributed by atoms with E-state index in [1.807, 2.05) is 13.0 Å². The van der Waals surface area contributed by atoms with E-state index in [1.165, 1.54) is 41.8 Å². The number of nitrogens with one attached hydrogen (secondary N) is 1. The maximum absolute atomic E-state index is 12.1. The second kappa shape index (κ2) is 9.02. The highest BCUT2D eigenvalue weighted by Crippen LogP contribution is 2.33. The van der Waals surface area contributed by atoms with E-state index < -0.39 is 11.2 Å². The molecule has 0 atom stereocenters. The molecular weight excluding hydrogens is 396 g/mol. The van der Waals surface area contributed by atoms with E-state index in [2.05, 4.69) is 15.5 Å². The largest absolute Gasteiger partial charge is 0.355 e. The third-order valence-corrected chi connectivity index (χ3v) is 6.47. The predicted molar refractivity (Wildman–Crippen MR) is 99.7 cm³/mol. The molecule has 0 fully saturated rings. The van der Waals surface area contributed by atoms with Gasteiger partial charge in [-0.25, -0.2) is 4.79 Å². The third kappa shape index (κ3) is 4.54. The number of nitrogens with zero attached hydrogens (tertiary/aromatic N) is 5. The number of rotatable bonds is 7. The van der Waals surface area contributed by atoms with Crippen LogP contribution in [-0.4, -0.2) is 37.5 Å². The quantitative estimate of drug-likeness (QED) is 0.517. The first kappa shape index (κ1) is 20.2. The van der Waals surface area contributed by atoms with Crippen LogP contribution in [0, 0.1) is 11.3 Å². The van der Waals surface area contributed by atoms with Crippen LogP contribution in [-0.2, 0) is 18.9 Å². The monoisotopic (exact) mass is 412 g/mol. The van der Waals surface area contributed by atoms with Crippen molar-refractivity contribution in [1.29, 1.82) is 5.26 Å². The third-order valence-electron chi connectivity index (χ3n) is 3.19. The summed E-state index contributed by atoms with van der Waals surface area (Å²) in [6.07, 6.45) is 0.868. The normalized spacial score (nSPS) is 10.5. The Hall–Kier alpha value is -2.10. The molecule has 0 saturated carbocycles. The fourth-order valence-corrected chi connectivity index (χ4v) is 4.78. The molecule has 0 radical (unpaired) electrons. The van der Waals surface area contributed by atoms with Crippen molar-refractivity contribution < 1.29 is 4.79 Å². The molecule has 12 heteroatoms. The Morgan fingerprint density at radius 3 is 2.62 bits per heavy atom. The van der Waals surface area contributed by atoms with Crippen molar-refractivity contribution in [2.24, 2.45) is 14.1 Å². The molecule has 0 aliphatic rings. The average molecular weight is 413 g/mol. The lowest BCUT2D eigenvalue weighted by molar-refractivity contribution is -0.118. The van der Waals surface area contributed by atoms with Crippen LogP contribution in [0.4, 0.5) is 0 Å². The number of amides is 1. The number of carbonyl (C=O) groups excluding carboxylic acids is 1. The summed E-state index contributed by atoms with van der Waals surface area (Å²) in [5, 5.41) is 20.2. The summed E-state index contributed by atoms with van der Waals surface area (Å²) >= 11 is 3.51. The zero-order valence-corrected chi connectivity index (χ0v) is 16.8. The van der Waals surface area contributed by atoms with Gasteiger partial charge in [0.15, 0.2) is 8.68 Å². The Bertz CT molecular complexity index is 972. The molecule has 26 heavy (non-hydrogen) atoms. The first-order valence-corrected chi connectivity index (χ1v) is 10.1. The van der Waals surface area contributed by atoms with Gasteiger partial charge in [-0.05, 0) is 18.2 Å². The second-order valence-corrected chi connectivity index (χ2v) is 8.51. The van der Waals surface area contributed by atoms with Crippen molar-refractivity contribution in [2.75, 3.05) is 12.3 Å².